The van der Waals surface area contributed by atoms with Gasteiger partial charge >= 0.3 is 0 Å². The van der Waals surface area contributed by atoms with Gasteiger partial charge in [0.25, 0.3) is 0 Å². The van der Waals surface area contributed by atoms with Gasteiger partial charge in [0, 0.05) is 19.1 Å². The molecule has 6 nitrogen and oxygen atoms in total. The van der Waals surface area contributed by atoms with Crippen LogP contribution in [0, 0.1) is 5.92 Å². The van der Waals surface area contributed by atoms with E-state index in [1.807, 2.05) is 13.8 Å². The standard InChI is InChI=1S/C10H18N4O2/c1-8(5-15)9(2)13-10(16)3-4-14-7-11-6-12-14/h6-9,15H,3-5H2,1-2H3,(H,13,16). The number of carbonyl (C=O) groups excluding carboxylic acids is 1. The first-order valence-corrected chi connectivity index (χ1v) is 5.36. The molecule has 0 bridgehead atoms. The van der Waals surface area contributed by atoms with Crippen molar-refractivity contribution in [1.82, 2.24) is 20.1 Å². The number of hydrogen-bond acceptors (Lipinski definition) is 4. The van der Waals surface area contributed by atoms with Crippen LogP contribution in [0.15, 0.2) is 12.7 Å². The molecule has 2 atom stereocenters. The van der Waals surface area contributed by atoms with Gasteiger partial charge < -0.3 is 10.4 Å². The molecule has 0 aliphatic rings. The lowest BCUT2D eigenvalue weighted by Gasteiger charge is -2.19. The molecule has 1 aromatic heterocycles. The Hall–Kier alpha value is -1.43. The molecule has 0 spiro atoms. The van der Waals surface area contributed by atoms with E-state index in [-0.39, 0.29) is 24.5 Å². The summed E-state index contributed by atoms with van der Waals surface area (Å²) in [4.78, 5) is 15.3. The third-order valence-electron chi connectivity index (χ3n) is 2.56. The van der Waals surface area contributed by atoms with Crippen molar-refractivity contribution >= 4 is 5.91 Å². The average Bonchev–Trinajstić information content (AvgIpc) is 2.78. The molecule has 0 aliphatic carbocycles. The predicted molar refractivity (Wildman–Crippen MR) is 58.5 cm³/mol. The van der Waals surface area contributed by atoms with Crippen LogP contribution >= 0.6 is 0 Å². The molecule has 16 heavy (non-hydrogen) atoms. The maximum Gasteiger partial charge on any atom is 0.222 e. The minimum atomic E-state index is -0.0386. The molecule has 1 aromatic rings. The first kappa shape index (κ1) is 12.6. The van der Waals surface area contributed by atoms with Gasteiger partial charge in [0.15, 0.2) is 0 Å². The Morgan fingerprint density at radius 2 is 2.31 bits per heavy atom. The summed E-state index contributed by atoms with van der Waals surface area (Å²) in [7, 11) is 0. The molecule has 6 heteroatoms. The summed E-state index contributed by atoms with van der Waals surface area (Å²) >= 11 is 0. The van der Waals surface area contributed by atoms with Crippen LogP contribution < -0.4 is 5.32 Å². The Balaban J connectivity index is 2.25. The van der Waals surface area contributed by atoms with Crippen molar-refractivity contribution in [1.29, 1.82) is 0 Å². The second kappa shape index (κ2) is 6.22. The van der Waals surface area contributed by atoms with E-state index in [1.54, 1.807) is 11.0 Å². The largest absolute Gasteiger partial charge is 0.396 e. The van der Waals surface area contributed by atoms with Crippen LogP contribution in [0.4, 0.5) is 0 Å². The van der Waals surface area contributed by atoms with Gasteiger partial charge in [-0.1, -0.05) is 6.92 Å². The van der Waals surface area contributed by atoms with E-state index in [2.05, 4.69) is 15.4 Å². The summed E-state index contributed by atoms with van der Waals surface area (Å²) in [5.74, 6) is 0.0265. The maximum absolute atomic E-state index is 11.5. The quantitative estimate of drug-likeness (QED) is 0.704. The van der Waals surface area contributed by atoms with Crippen LogP contribution in [0.1, 0.15) is 20.3 Å². The fraction of sp³-hybridized carbons (Fsp3) is 0.700. The zero-order chi connectivity index (χ0) is 12.0. The van der Waals surface area contributed by atoms with Gasteiger partial charge in [-0.15, -0.1) is 0 Å². The van der Waals surface area contributed by atoms with E-state index in [0.29, 0.717) is 13.0 Å². The number of amides is 1. The highest BCUT2D eigenvalue weighted by Crippen LogP contribution is 2.01. The number of aliphatic hydroxyl groups excluding tert-OH is 1. The Morgan fingerprint density at radius 1 is 1.56 bits per heavy atom. The SMILES string of the molecule is CC(CO)C(C)NC(=O)CCn1cncn1. The minimum absolute atomic E-state index is 0.0201. The van der Waals surface area contributed by atoms with Gasteiger partial charge in [-0.3, -0.25) is 9.48 Å². The summed E-state index contributed by atoms with van der Waals surface area (Å²) in [6, 6.07) is -0.0201. The van der Waals surface area contributed by atoms with E-state index in [1.165, 1.54) is 6.33 Å². The fourth-order valence-electron chi connectivity index (χ4n) is 1.19. The summed E-state index contributed by atoms with van der Waals surface area (Å²) < 4.78 is 1.61. The number of hydrogen-bond donors (Lipinski definition) is 2. The average molecular weight is 226 g/mol. The third-order valence-corrected chi connectivity index (χ3v) is 2.56. The van der Waals surface area contributed by atoms with Gasteiger partial charge in [0.2, 0.25) is 5.91 Å². The van der Waals surface area contributed by atoms with E-state index >= 15 is 0 Å². The van der Waals surface area contributed by atoms with Gasteiger partial charge in [-0.2, -0.15) is 5.10 Å². The second-order valence-corrected chi connectivity index (χ2v) is 3.92. The number of aromatic nitrogens is 3. The molecule has 0 saturated carbocycles. The Morgan fingerprint density at radius 3 is 2.88 bits per heavy atom. The van der Waals surface area contributed by atoms with Gasteiger partial charge in [0.05, 0.1) is 6.54 Å². The predicted octanol–water partition coefficient (Wildman–Crippen LogP) is -0.199. The normalized spacial score (nSPS) is 14.4. The van der Waals surface area contributed by atoms with E-state index in [0.717, 1.165) is 0 Å². The molecule has 1 rings (SSSR count). The second-order valence-electron chi connectivity index (χ2n) is 3.92. The van der Waals surface area contributed by atoms with Crippen molar-refractivity contribution in [3.63, 3.8) is 0 Å². The van der Waals surface area contributed by atoms with Crippen molar-refractivity contribution < 1.29 is 9.90 Å². The number of aryl methyl sites for hydroxylation is 1. The number of rotatable bonds is 6. The monoisotopic (exact) mass is 226 g/mol. The molecule has 0 saturated heterocycles. The van der Waals surface area contributed by atoms with Crippen LogP contribution in [-0.2, 0) is 11.3 Å². The van der Waals surface area contributed by atoms with Crippen LogP contribution in [0.2, 0.25) is 0 Å². The molecule has 90 valence electrons. The summed E-state index contributed by atoms with van der Waals surface area (Å²) in [6.07, 6.45) is 3.38. The first-order chi connectivity index (χ1) is 7.63. The van der Waals surface area contributed by atoms with Crippen molar-refractivity contribution in [3.8, 4) is 0 Å². The zero-order valence-electron chi connectivity index (χ0n) is 9.63. The zero-order valence-corrected chi connectivity index (χ0v) is 9.63. The third kappa shape index (κ3) is 3.98. The molecule has 0 radical (unpaired) electrons. The van der Waals surface area contributed by atoms with Crippen LogP contribution in [0.25, 0.3) is 0 Å². The lowest BCUT2D eigenvalue weighted by Crippen LogP contribution is -2.38. The van der Waals surface area contributed by atoms with Crippen molar-refractivity contribution in [2.75, 3.05) is 6.61 Å². The van der Waals surface area contributed by atoms with Crippen molar-refractivity contribution in [2.24, 2.45) is 5.92 Å². The molecule has 0 aromatic carbocycles. The molecule has 2 N–H and O–H groups in total. The van der Waals surface area contributed by atoms with Gasteiger partial charge in [-0.05, 0) is 12.8 Å². The van der Waals surface area contributed by atoms with Crippen LogP contribution in [0.5, 0.6) is 0 Å². The maximum atomic E-state index is 11.5. The van der Waals surface area contributed by atoms with Crippen molar-refractivity contribution in [2.45, 2.75) is 32.9 Å². The van der Waals surface area contributed by atoms with Gasteiger partial charge in [-0.25, -0.2) is 4.98 Å². The van der Waals surface area contributed by atoms with E-state index in [4.69, 9.17) is 5.11 Å². The summed E-state index contributed by atoms with van der Waals surface area (Å²) in [5, 5.41) is 15.7. The molecule has 2 unspecified atom stereocenters. The topological polar surface area (TPSA) is 80.0 Å². The number of aliphatic hydroxyl groups is 1. The highest BCUT2D eigenvalue weighted by atomic mass is 16.3. The fourth-order valence-corrected chi connectivity index (χ4v) is 1.19. The first-order valence-electron chi connectivity index (χ1n) is 5.36. The van der Waals surface area contributed by atoms with Crippen LogP contribution in [0.3, 0.4) is 0 Å². The van der Waals surface area contributed by atoms with Crippen LogP contribution in [-0.4, -0.2) is 38.4 Å². The Kier molecular flexibility index (Phi) is 4.91. The molecular weight excluding hydrogens is 208 g/mol. The smallest absolute Gasteiger partial charge is 0.222 e. The van der Waals surface area contributed by atoms with E-state index in [9.17, 15) is 4.79 Å². The Labute approximate surface area is 94.7 Å². The number of nitrogens with zero attached hydrogens (tertiary/aromatic N) is 3. The molecule has 1 heterocycles. The van der Waals surface area contributed by atoms with Gasteiger partial charge in [0.1, 0.15) is 12.7 Å². The summed E-state index contributed by atoms with van der Waals surface area (Å²) in [6.45, 7) is 4.37. The highest BCUT2D eigenvalue weighted by molar-refractivity contribution is 5.76. The highest BCUT2D eigenvalue weighted by Gasteiger charge is 2.13. The molecule has 0 aliphatic heterocycles. The van der Waals surface area contributed by atoms with Crippen molar-refractivity contribution in [3.05, 3.63) is 12.7 Å². The Bertz CT molecular complexity index is 313. The molecular formula is C10H18N4O2. The lowest BCUT2D eigenvalue weighted by molar-refractivity contribution is -0.122. The molecule has 1 amide bonds. The number of carbonyl (C=O) groups is 1. The summed E-state index contributed by atoms with van der Waals surface area (Å²) in [5.41, 5.74) is 0. The molecule has 0 fully saturated rings. The number of nitrogens with one attached hydrogen (secondary N) is 1. The van der Waals surface area contributed by atoms with E-state index < -0.39 is 0 Å². The lowest BCUT2D eigenvalue weighted by atomic mass is 10.1. The minimum Gasteiger partial charge on any atom is -0.396 e.